The summed E-state index contributed by atoms with van der Waals surface area (Å²) >= 11 is 11.6. The first-order valence-corrected chi connectivity index (χ1v) is 7.47. The minimum atomic E-state index is -4.05. The summed E-state index contributed by atoms with van der Waals surface area (Å²) in [5.41, 5.74) is -0.125. The molecule has 0 spiro atoms. The number of benzene rings is 2. The van der Waals surface area contributed by atoms with Gasteiger partial charge in [-0.05, 0) is 24.3 Å². The molecule has 2 aromatic rings. The van der Waals surface area contributed by atoms with Crippen molar-refractivity contribution in [1.82, 2.24) is 0 Å². The zero-order valence-corrected chi connectivity index (χ0v) is 12.0. The van der Waals surface area contributed by atoms with E-state index < -0.39 is 21.7 Å². The summed E-state index contributed by atoms with van der Waals surface area (Å²) in [7, 11) is -4.05. The first kappa shape index (κ1) is 15.0. The van der Waals surface area contributed by atoms with Crippen molar-refractivity contribution in [2.24, 2.45) is 0 Å². The fraction of sp³-hybridized carbons (Fsp3) is 0. The smallest absolute Gasteiger partial charge is 0.263 e. The average Bonchev–Trinajstić information content (AvgIpc) is 2.36. The van der Waals surface area contributed by atoms with E-state index >= 15 is 0 Å². The summed E-state index contributed by atoms with van der Waals surface area (Å²) in [5, 5.41) is -0.0796. The standard InChI is InChI=1S/C12H7Cl2F2NO2S/c13-8-2-1-3-11(12(8)14)20(18,19)17-7-4-5-9(15)10(16)6-7/h1-6,17H. The van der Waals surface area contributed by atoms with Crippen molar-refractivity contribution < 1.29 is 17.2 Å². The van der Waals surface area contributed by atoms with Crippen LogP contribution in [-0.4, -0.2) is 8.42 Å². The summed E-state index contributed by atoms with van der Waals surface area (Å²) in [6.07, 6.45) is 0. The van der Waals surface area contributed by atoms with Gasteiger partial charge in [0.2, 0.25) is 0 Å². The third kappa shape index (κ3) is 3.03. The van der Waals surface area contributed by atoms with E-state index in [2.05, 4.69) is 4.72 Å². The minimum Gasteiger partial charge on any atom is -0.279 e. The van der Waals surface area contributed by atoms with E-state index in [1.165, 1.54) is 18.2 Å². The van der Waals surface area contributed by atoms with Crippen LogP contribution in [0.15, 0.2) is 41.3 Å². The summed E-state index contributed by atoms with van der Waals surface area (Å²) in [4.78, 5) is -0.253. The lowest BCUT2D eigenvalue weighted by Gasteiger charge is -2.10. The van der Waals surface area contributed by atoms with E-state index in [9.17, 15) is 17.2 Å². The molecule has 106 valence electrons. The van der Waals surface area contributed by atoms with Crippen LogP contribution >= 0.6 is 23.2 Å². The number of halogens is 4. The Kier molecular flexibility index (Phi) is 4.17. The molecule has 0 radical (unpaired) electrons. The molecule has 0 aliphatic heterocycles. The molecule has 0 saturated heterocycles. The van der Waals surface area contributed by atoms with Crippen LogP contribution in [0.3, 0.4) is 0 Å². The van der Waals surface area contributed by atoms with Gasteiger partial charge in [-0.2, -0.15) is 0 Å². The molecule has 0 fully saturated rings. The molecule has 0 aromatic heterocycles. The Hall–Kier alpha value is -1.37. The highest BCUT2D eigenvalue weighted by molar-refractivity contribution is 7.92. The average molecular weight is 338 g/mol. The molecule has 0 aliphatic carbocycles. The van der Waals surface area contributed by atoms with E-state index in [1.807, 2.05) is 0 Å². The van der Waals surface area contributed by atoms with E-state index in [0.717, 1.165) is 18.2 Å². The topological polar surface area (TPSA) is 46.2 Å². The lowest BCUT2D eigenvalue weighted by molar-refractivity contribution is 0.509. The third-order valence-corrected chi connectivity index (χ3v) is 4.73. The van der Waals surface area contributed by atoms with Crippen molar-refractivity contribution in [3.05, 3.63) is 58.1 Å². The minimum absolute atomic E-state index is 0.0693. The van der Waals surface area contributed by atoms with Gasteiger partial charge >= 0.3 is 0 Å². The largest absolute Gasteiger partial charge is 0.279 e. The van der Waals surface area contributed by atoms with Gasteiger partial charge in [-0.25, -0.2) is 17.2 Å². The first-order valence-electron chi connectivity index (χ1n) is 5.23. The Balaban J connectivity index is 2.41. The molecular weight excluding hydrogens is 331 g/mol. The van der Waals surface area contributed by atoms with Crippen molar-refractivity contribution in [2.45, 2.75) is 4.90 Å². The number of hydrogen-bond donors (Lipinski definition) is 1. The number of rotatable bonds is 3. The van der Waals surface area contributed by atoms with Crippen LogP contribution in [0.4, 0.5) is 14.5 Å². The molecule has 0 aliphatic rings. The highest BCUT2D eigenvalue weighted by Crippen LogP contribution is 2.30. The maximum absolute atomic E-state index is 13.0. The van der Waals surface area contributed by atoms with Crippen molar-refractivity contribution in [1.29, 1.82) is 0 Å². The molecule has 0 bridgehead atoms. The Morgan fingerprint density at radius 3 is 2.35 bits per heavy atom. The molecule has 0 saturated carbocycles. The lowest BCUT2D eigenvalue weighted by atomic mass is 10.3. The zero-order valence-electron chi connectivity index (χ0n) is 9.70. The molecule has 0 amide bonds. The zero-order chi connectivity index (χ0) is 14.9. The van der Waals surface area contributed by atoms with Crippen LogP contribution in [0.5, 0.6) is 0 Å². The Morgan fingerprint density at radius 1 is 1.00 bits per heavy atom. The van der Waals surface area contributed by atoms with Crippen molar-refractivity contribution >= 4 is 38.9 Å². The quantitative estimate of drug-likeness (QED) is 0.917. The van der Waals surface area contributed by atoms with E-state index in [0.29, 0.717) is 0 Å². The Morgan fingerprint density at radius 2 is 1.70 bits per heavy atom. The van der Waals surface area contributed by atoms with Crippen LogP contribution in [0.1, 0.15) is 0 Å². The molecule has 3 nitrogen and oxygen atoms in total. The fourth-order valence-corrected chi connectivity index (χ4v) is 3.27. The molecule has 8 heteroatoms. The molecule has 0 heterocycles. The van der Waals surface area contributed by atoms with Gasteiger partial charge in [0, 0.05) is 6.07 Å². The Labute approximate surface area is 124 Å². The molecule has 20 heavy (non-hydrogen) atoms. The third-order valence-electron chi connectivity index (χ3n) is 2.38. The first-order chi connectivity index (χ1) is 9.31. The normalized spacial score (nSPS) is 11.4. The van der Waals surface area contributed by atoms with Crippen molar-refractivity contribution in [3.63, 3.8) is 0 Å². The second-order valence-corrected chi connectivity index (χ2v) is 6.22. The maximum Gasteiger partial charge on any atom is 0.263 e. The SMILES string of the molecule is O=S(=O)(Nc1ccc(F)c(F)c1)c1cccc(Cl)c1Cl. The van der Waals surface area contributed by atoms with Gasteiger partial charge in [-0.15, -0.1) is 0 Å². The Bertz CT molecular complexity index is 766. The van der Waals surface area contributed by atoms with Gasteiger partial charge in [0.05, 0.1) is 15.7 Å². The highest BCUT2D eigenvalue weighted by atomic mass is 35.5. The van der Waals surface area contributed by atoms with Crippen LogP contribution in [0.2, 0.25) is 10.0 Å². The van der Waals surface area contributed by atoms with E-state index in [1.54, 1.807) is 0 Å². The van der Waals surface area contributed by atoms with Crippen molar-refractivity contribution in [3.8, 4) is 0 Å². The van der Waals surface area contributed by atoms with Gasteiger partial charge in [-0.1, -0.05) is 29.3 Å². The van der Waals surface area contributed by atoms with Gasteiger partial charge in [0.15, 0.2) is 11.6 Å². The molecule has 2 rings (SSSR count). The van der Waals surface area contributed by atoms with Crippen LogP contribution in [0, 0.1) is 11.6 Å². The fourth-order valence-electron chi connectivity index (χ4n) is 1.46. The molecule has 2 aromatic carbocycles. The van der Waals surface area contributed by atoms with Crippen LogP contribution in [-0.2, 0) is 10.0 Å². The van der Waals surface area contributed by atoms with Crippen LogP contribution < -0.4 is 4.72 Å². The lowest BCUT2D eigenvalue weighted by Crippen LogP contribution is -2.13. The predicted octanol–water partition coefficient (Wildman–Crippen LogP) is 4.07. The van der Waals surface area contributed by atoms with Gasteiger partial charge in [0.1, 0.15) is 4.90 Å². The number of sulfonamides is 1. The van der Waals surface area contributed by atoms with Gasteiger partial charge in [-0.3, -0.25) is 4.72 Å². The van der Waals surface area contributed by atoms with Gasteiger partial charge in [0.25, 0.3) is 10.0 Å². The number of anilines is 1. The summed E-state index contributed by atoms with van der Waals surface area (Å²) in [5.74, 6) is -2.24. The summed E-state index contributed by atoms with van der Waals surface area (Å²) in [6, 6.07) is 6.72. The van der Waals surface area contributed by atoms with E-state index in [4.69, 9.17) is 23.2 Å². The molecule has 1 N–H and O–H groups in total. The van der Waals surface area contributed by atoms with Crippen LogP contribution in [0.25, 0.3) is 0 Å². The maximum atomic E-state index is 13.0. The van der Waals surface area contributed by atoms with Crippen molar-refractivity contribution in [2.75, 3.05) is 4.72 Å². The predicted molar refractivity (Wildman–Crippen MR) is 73.6 cm³/mol. The number of nitrogens with one attached hydrogen (secondary N) is 1. The second kappa shape index (κ2) is 5.55. The molecule has 0 unspecified atom stereocenters. The molecule has 0 atom stereocenters. The summed E-state index contributed by atoms with van der Waals surface area (Å²) in [6.45, 7) is 0. The highest BCUT2D eigenvalue weighted by Gasteiger charge is 2.20. The number of hydrogen-bond acceptors (Lipinski definition) is 2. The second-order valence-electron chi connectivity index (χ2n) is 3.79. The van der Waals surface area contributed by atoms with Gasteiger partial charge < -0.3 is 0 Å². The summed E-state index contributed by atoms with van der Waals surface area (Å²) < 4.78 is 52.1. The molecular formula is C12H7Cl2F2NO2S. The van der Waals surface area contributed by atoms with E-state index in [-0.39, 0.29) is 20.6 Å². The monoisotopic (exact) mass is 337 g/mol.